The molecule has 0 aliphatic carbocycles. The van der Waals surface area contributed by atoms with Gasteiger partial charge < -0.3 is 0 Å². The van der Waals surface area contributed by atoms with Crippen molar-refractivity contribution in [2.45, 2.75) is 465 Å². The van der Waals surface area contributed by atoms with Crippen molar-refractivity contribution in [3.63, 3.8) is 0 Å². The van der Waals surface area contributed by atoms with Gasteiger partial charge in [0.25, 0.3) is 0 Å². The molecule has 1 rings (SSSR count). The highest BCUT2D eigenvalue weighted by molar-refractivity contribution is 5.39. The zero-order chi connectivity index (χ0) is 56.1. The lowest BCUT2D eigenvalue weighted by molar-refractivity contribution is -0.712. The molecule has 0 aliphatic rings. The topological polar surface area (TPSA) is 3.88 Å². The van der Waals surface area contributed by atoms with Crippen molar-refractivity contribution in [3.05, 3.63) is 28.1 Å². The first-order chi connectivity index (χ1) is 38.7. The zero-order valence-electron chi connectivity index (χ0n) is 55.6. The molecule has 0 fully saturated rings. The van der Waals surface area contributed by atoms with Gasteiger partial charge in [0.05, 0.1) is 0 Å². The summed E-state index contributed by atoms with van der Waals surface area (Å²) < 4.78 is 3.16. The van der Waals surface area contributed by atoms with E-state index < -0.39 is 0 Å². The predicted octanol–water partition coefficient (Wildman–Crippen LogP) is 27.2. The average molecular weight is 1090 g/mol. The number of unbranched alkanes of at least 4 members (excludes halogenated alkanes) is 54. The predicted molar refractivity (Wildman–Crippen MR) is 356 cm³/mol. The van der Waals surface area contributed by atoms with Crippen LogP contribution in [-0.4, -0.2) is 0 Å². The first-order valence-electron chi connectivity index (χ1n) is 37.8. The molecule has 462 valence electrons. The molecular weight excluding hydrogens is 939 g/mol. The summed E-state index contributed by atoms with van der Waals surface area (Å²) in [5.74, 6) is 0. The van der Waals surface area contributed by atoms with E-state index in [0.717, 1.165) is 0 Å². The van der Waals surface area contributed by atoms with E-state index in [2.05, 4.69) is 46.1 Å². The number of aromatic nitrogens is 1. The van der Waals surface area contributed by atoms with E-state index in [0.29, 0.717) is 0 Å². The normalized spacial score (nSPS) is 11.8. The number of nitrogens with zero attached hydrogens (tertiary/aromatic N) is 1. The van der Waals surface area contributed by atoms with Crippen molar-refractivity contribution in [2.24, 2.45) is 0 Å². The maximum absolute atomic E-state index is 3.16. The molecule has 1 aromatic heterocycles. The number of rotatable bonds is 66. The Balaban J connectivity index is 3.71. The van der Waals surface area contributed by atoms with Crippen molar-refractivity contribution in [1.29, 1.82) is 0 Å². The highest BCUT2D eigenvalue weighted by atomic mass is 15.0. The van der Waals surface area contributed by atoms with Crippen LogP contribution in [0.5, 0.6) is 0 Å². The molecular formula is C77H150N+. The third-order valence-corrected chi connectivity index (χ3v) is 18.7. The Hall–Kier alpha value is -0.850. The molecule has 1 heteroatoms. The van der Waals surface area contributed by atoms with E-state index in [9.17, 15) is 0 Å². The van der Waals surface area contributed by atoms with Gasteiger partial charge in [0.1, 0.15) is 6.54 Å². The maximum atomic E-state index is 3.16. The average Bonchev–Trinajstić information content (AvgIpc) is 3.47. The van der Waals surface area contributed by atoms with Crippen LogP contribution in [0.4, 0.5) is 0 Å². The Morgan fingerprint density at radius 3 is 0.513 bits per heavy atom. The second-order valence-corrected chi connectivity index (χ2v) is 26.3. The van der Waals surface area contributed by atoms with Crippen LogP contribution in [0, 0.1) is 0 Å². The largest absolute Gasteiger partial charge is 0.199 e. The van der Waals surface area contributed by atoms with Gasteiger partial charge in [-0.05, 0) is 63.4 Å². The fourth-order valence-corrected chi connectivity index (χ4v) is 13.4. The lowest BCUT2D eigenvalue weighted by atomic mass is 9.85. The van der Waals surface area contributed by atoms with Gasteiger partial charge in [0.15, 0.2) is 11.4 Å². The van der Waals surface area contributed by atoms with Crippen LogP contribution in [0.1, 0.15) is 455 Å². The van der Waals surface area contributed by atoms with E-state index >= 15 is 0 Å². The molecule has 0 amide bonds. The Kier molecular flexibility index (Phi) is 59.9. The van der Waals surface area contributed by atoms with Gasteiger partial charge in [-0.15, -0.1) is 0 Å². The third-order valence-electron chi connectivity index (χ3n) is 18.7. The second-order valence-electron chi connectivity index (χ2n) is 26.3. The summed E-state index contributed by atoms with van der Waals surface area (Å²) in [6, 6.07) is 0. The van der Waals surface area contributed by atoms with Crippen molar-refractivity contribution >= 4 is 0 Å². The maximum Gasteiger partial charge on any atom is 0.185 e. The van der Waals surface area contributed by atoms with Crippen molar-refractivity contribution in [3.8, 4) is 0 Å². The number of pyridine rings is 1. The first kappa shape index (κ1) is 75.2. The summed E-state index contributed by atoms with van der Waals surface area (Å²) in [5, 5.41) is 0. The number of hydrogen-bond acceptors (Lipinski definition) is 0. The molecule has 0 bridgehead atoms. The minimum Gasteiger partial charge on any atom is -0.199 e. The highest BCUT2D eigenvalue weighted by Gasteiger charge is 2.29. The first-order valence-corrected chi connectivity index (χ1v) is 37.8. The third kappa shape index (κ3) is 45.6. The quantitative estimate of drug-likeness (QED) is 0.0452. The minimum absolute atomic E-state index is 1.30. The lowest BCUT2D eigenvalue weighted by Gasteiger charge is -2.23. The summed E-state index contributed by atoms with van der Waals surface area (Å²) in [6.45, 7) is 15.5. The number of hydrogen-bond donors (Lipinski definition) is 0. The van der Waals surface area contributed by atoms with Crippen molar-refractivity contribution in [2.75, 3.05) is 0 Å². The fourth-order valence-electron chi connectivity index (χ4n) is 13.4. The van der Waals surface area contributed by atoms with Gasteiger partial charge in [0, 0.05) is 30.4 Å². The van der Waals surface area contributed by atoms with E-state index in [1.54, 1.807) is 0 Å². The van der Waals surface area contributed by atoms with E-state index in [-0.39, 0.29) is 0 Å². The van der Waals surface area contributed by atoms with Gasteiger partial charge in [-0.2, -0.15) is 4.57 Å². The van der Waals surface area contributed by atoms with E-state index in [1.807, 2.05) is 28.1 Å². The van der Waals surface area contributed by atoms with E-state index in [4.69, 9.17) is 0 Å². The van der Waals surface area contributed by atoms with Crippen molar-refractivity contribution < 1.29 is 4.57 Å². The Bertz CT molecular complexity index is 1030. The molecule has 0 N–H and O–H groups in total. The molecule has 0 saturated heterocycles. The molecule has 0 spiro atoms. The smallest absolute Gasteiger partial charge is 0.185 e. The van der Waals surface area contributed by atoms with Gasteiger partial charge >= 0.3 is 0 Å². The summed E-state index contributed by atoms with van der Waals surface area (Å²) in [6.07, 6.45) is 93.2. The zero-order valence-corrected chi connectivity index (χ0v) is 55.6. The summed E-state index contributed by atoms with van der Waals surface area (Å²) in [7, 11) is 0. The molecule has 1 aromatic rings. The van der Waals surface area contributed by atoms with Gasteiger partial charge in [0.2, 0.25) is 0 Å². The molecule has 0 unspecified atom stereocenters. The van der Waals surface area contributed by atoms with Crippen LogP contribution in [0.2, 0.25) is 0 Å². The monoisotopic (exact) mass is 1090 g/mol. The molecule has 0 atom stereocenters. The van der Waals surface area contributed by atoms with Crippen LogP contribution in [0.25, 0.3) is 0 Å². The molecule has 1 heterocycles. The highest BCUT2D eigenvalue weighted by Crippen LogP contribution is 2.30. The van der Waals surface area contributed by atoms with Crippen LogP contribution in [0.3, 0.4) is 0 Å². The molecule has 0 saturated carbocycles. The fraction of sp³-hybridized carbons (Fsp3) is 0.935. The van der Waals surface area contributed by atoms with Crippen molar-refractivity contribution in [1.82, 2.24) is 0 Å². The Labute approximate surface area is 495 Å². The molecule has 0 aliphatic heterocycles. The molecule has 78 heavy (non-hydrogen) atoms. The van der Waals surface area contributed by atoms with Crippen LogP contribution >= 0.6 is 0 Å². The lowest BCUT2D eigenvalue weighted by Crippen LogP contribution is -2.46. The van der Waals surface area contributed by atoms with Crippen LogP contribution < -0.4 is 4.57 Å². The summed E-state index contributed by atoms with van der Waals surface area (Å²) in [4.78, 5) is 0. The molecule has 0 radical (unpaired) electrons. The second kappa shape index (κ2) is 62.2. The standard InChI is InChI=1S/C77H150N/c1-7-13-19-25-31-37-43-49-55-61-67-73-74(68-62-56-50-44-38-32-26-20-14-8-2)76(70-64-58-52-46-40-34-28-22-16-10-4)78(72-66-60-54-48-42-36-30-24-18-12-6)77(71-65-59-53-47-41-35-29-23-17-11-5)75(73)69-63-57-51-45-39-33-27-21-15-9-3/h7-72H2,1-6H3/q+1. The Morgan fingerprint density at radius 1 is 0.154 bits per heavy atom. The summed E-state index contributed by atoms with van der Waals surface area (Å²) >= 11 is 0. The summed E-state index contributed by atoms with van der Waals surface area (Å²) in [5.41, 5.74) is 9.52. The van der Waals surface area contributed by atoms with E-state index in [1.165, 1.54) is 424 Å². The van der Waals surface area contributed by atoms with Gasteiger partial charge in [-0.3, -0.25) is 0 Å². The minimum atomic E-state index is 1.30. The van der Waals surface area contributed by atoms with Crippen LogP contribution in [-0.2, 0) is 38.6 Å². The van der Waals surface area contributed by atoms with Gasteiger partial charge in [-0.25, -0.2) is 0 Å². The Morgan fingerprint density at radius 2 is 0.308 bits per heavy atom. The van der Waals surface area contributed by atoms with Crippen LogP contribution in [0.15, 0.2) is 0 Å². The van der Waals surface area contributed by atoms with Gasteiger partial charge in [-0.1, -0.05) is 382 Å². The molecule has 0 aromatic carbocycles. The SMILES string of the molecule is CCCCCCCCCCCCc1c(CCCCCCCCCCCC)c(CCCCCCCCCCCC)[n+](CCCCCCCCCCCC)c(CCCCCCCCCCCC)c1CCCCCCCCCCCC. The molecule has 1 nitrogen and oxygen atoms in total.